The third-order valence-electron chi connectivity index (χ3n) is 4.88. The zero-order valence-electron chi connectivity index (χ0n) is 14.9. The number of aliphatic hydroxyl groups is 1. The molecular weight excluding hydrogens is 366 g/mol. The molecule has 4 N–H and O–H groups in total. The normalized spacial score (nSPS) is 21.9. The molecular formula is C18H19N5O5. The lowest BCUT2D eigenvalue weighted by Crippen LogP contribution is -2.65. The number of carbonyl (C=O) groups excluding carboxylic acids is 3. The van der Waals surface area contributed by atoms with Crippen molar-refractivity contribution in [3.63, 3.8) is 0 Å². The Morgan fingerprint density at radius 2 is 2.11 bits per heavy atom. The predicted octanol–water partition coefficient (Wildman–Crippen LogP) is 0.903. The highest BCUT2D eigenvalue weighted by Crippen LogP contribution is 2.39. The second-order valence-corrected chi connectivity index (χ2v) is 6.97. The molecule has 10 heteroatoms. The molecule has 2 aliphatic rings. The van der Waals surface area contributed by atoms with Crippen LogP contribution < -0.4 is 16.0 Å². The van der Waals surface area contributed by atoms with Crippen LogP contribution in [-0.2, 0) is 9.59 Å². The summed E-state index contributed by atoms with van der Waals surface area (Å²) in [5, 5.41) is 20.9. The fraction of sp³-hybridized carbons (Fsp3) is 0.389. The molecule has 1 saturated carbocycles. The van der Waals surface area contributed by atoms with E-state index in [0.717, 1.165) is 12.8 Å². The third-order valence-corrected chi connectivity index (χ3v) is 4.88. The molecule has 1 aromatic carbocycles. The van der Waals surface area contributed by atoms with E-state index in [1.54, 1.807) is 24.3 Å². The van der Waals surface area contributed by atoms with Crippen LogP contribution in [0.25, 0.3) is 11.5 Å². The first-order chi connectivity index (χ1) is 13.5. The van der Waals surface area contributed by atoms with Crippen LogP contribution >= 0.6 is 0 Å². The first-order valence-electron chi connectivity index (χ1n) is 8.98. The van der Waals surface area contributed by atoms with Gasteiger partial charge < -0.3 is 20.3 Å². The van der Waals surface area contributed by atoms with Gasteiger partial charge in [0.05, 0.1) is 17.9 Å². The van der Waals surface area contributed by atoms with Gasteiger partial charge in [-0.3, -0.25) is 14.9 Å². The van der Waals surface area contributed by atoms with Crippen LogP contribution in [0.5, 0.6) is 0 Å². The number of aliphatic hydroxyl groups excluding tert-OH is 1. The standard InChI is InChI=1S/C18H19N5O5/c24-9-18(8-7-13(25)20-16(18)26)22-17(27)19-12-4-2-1-3-11(12)15-21-14(23-28-15)10-5-6-10/h1-4,10,24H,5-9H2,(H2,19,22,27)(H,20,25,26). The highest BCUT2D eigenvalue weighted by Gasteiger charge is 2.43. The van der Waals surface area contributed by atoms with E-state index in [1.165, 1.54) is 0 Å². The fourth-order valence-electron chi connectivity index (χ4n) is 3.06. The van der Waals surface area contributed by atoms with Crippen LogP contribution in [-0.4, -0.2) is 45.2 Å². The molecule has 2 aromatic rings. The van der Waals surface area contributed by atoms with E-state index in [1.807, 2.05) is 0 Å². The van der Waals surface area contributed by atoms with Gasteiger partial charge in [-0.25, -0.2) is 4.79 Å². The molecule has 1 aromatic heterocycles. The topological polar surface area (TPSA) is 146 Å². The van der Waals surface area contributed by atoms with Gasteiger partial charge in [-0.05, 0) is 31.4 Å². The van der Waals surface area contributed by atoms with Crippen LogP contribution in [0.3, 0.4) is 0 Å². The highest BCUT2D eigenvalue weighted by molar-refractivity contribution is 6.05. The Labute approximate surface area is 159 Å². The summed E-state index contributed by atoms with van der Waals surface area (Å²) in [7, 11) is 0. The van der Waals surface area contributed by atoms with Crippen molar-refractivity contribution in [2.45, 2.75) is 37.1 Å². The largest absolute Gasteiger partial charge is 0.393 e. The van der Waals surface area contributed by atoms with Crippen molar-refractivity contribution in [3.8, 4) is 11.5 Å². The SMILES string of the molecule is O=C1CCC(CO)(NC(=O)Nc2ccccc2-c2nc(C3CC3)no2)C(=O)N1. The zero-order valence-corrected chi connectivity index (χ0v) is 14.9. The van der Waals surface area contributed by atoms with Crippen LogP contribution in [0.1, 0.15) is 37.4 Å². The molecule has 1 saturated heterocycles. The number of hydrogen-bond acceptors (Lipinski definition) is 7. The summed E-state index contributed by atoms with van der Waals surface area (Å²) in [6.45, 7) is -0.629. The smallest absolute Gasteiger partial charge is 0.320 e. The average Bonchev–Trinajstić information content (AvgIpc) is 3.42. The first kappa shape index (κ1) is 18.1. The molecule has 1 aliphatic carbocycles. The number of hydrogen-bond donors (Lipinski definition) is 4. The molecule has 4 amide bonds. The molecule has 1 unspecified atom stereocenters. The molecule has 2 fully saturated rings. The maximum absolute atomic E-state index is 12.5. The minimum absolute atomic E-state index is 0.0115. The third kappa shape index (κ3) is 3.46. The first-order valence-corrected chi connectivity index (χ1v) is 8.98. The van der Waals surface area contributed by atoms with Gasteiger partial charge in [0.25, 0.3) is 11.8 Å². The lowest BCUT2D eigenvalue weighted by molar-refractivity contribution is -0.139. The van der Waals surface area contributed by atoms with Crippen molar-refractivity contribution in [2.24, 2.45) is 0 Å². The van der Waals surface area contributed by atoms with Crippen LogP contribution in [0.15, 0.2) is 28.8 Å². The van der Waals surface area contributed by atoms with Gasteiger partial charge in [-0.15, -0.1) is 0 Å². The Balaban J connectivity index is 1.51. The number of aromatic nitrogens is 2. The van der Waals surface area contributed by atoms with Crippen LogP contribution in [0, 0.1) is 0 Å². The van der Waals surface area contributed by atoms with E-state index >= 15 is 0 Å². The second-order valence-electron chi connectivity index (χ2n) is 6.97. The van der Waals surface area contributed by atoms with Gasteiger partial charge in [0.2, 0.25) is 5.91 Å². The summed E-state index contributed by atoms with van der Waals surface area (Å²) < 4.78 is 5.32. The summed E-state index contributed by atoms with van der Waals surface area (Å²) in [4.78, 5) is 40.4. The van der Waals surface area contributed by atoms with Crippen molar-refractivity contribution < 1.29 is 24.0 Å². The van der Waals surface area contributed by atoms with E-state index in [4.69, 9.17) is 4.52 Å². The maximum Gasteiger partial charge on any atom is 0.320 e. The minimum Gasteiger partial charge on any atom is -0.393 e. The summed E-state index contributed by atoms with van der Waals surface area (Å²) in [5.74, 6) is 0.0933. The summed E-state index contributed by atoms with van der Waals surface area (Å²) in [6, 6.07) is 6.19. The van der Waals surface area contributed by atoms with Crippen molar-refractivity contribution in [2.75, 3.05) is 11.9 Å². The quantitative estimate of drug-likeness (QED) is 0.559. The van der Waals surface area contributed by atoms with Crippen molar-refractivity contribution in [1.82, 2.24) is 20.8 Å². The van der Waals surface area contributed by atoms with Crippen molar-refractivity contribution >= 4 is 23.5 Å². The number of rotatable bonds is 5. The van der Waals surface area contributed by atoms with E-state index in [2.05, 4.69) is 26.1 Å². The van der Waals surface area contributed by atoms with Gasteiger partial charge in [-0.1, -0.05) is 17.3 Å². The molecule has 0 spiro atoms. The Morgan fingerprint density at radius 3 is 2.82 bits per heavy atom. The molecule has 2 heterocycles. The number of nitrogens with zero attached hydrogens (tertiary/aromatic N) is 2. The van der Waals surface area contributed by atoms with E-state index < -0.39 is 30.0 Å². The average molecular weight is 385 g/mol. The minimum atomic E-state index is -1.56. The fourth-order valence-corrected chi connectivity index (χ4v) is 3.06. The molecule has 1 aliphatic heterocycles. The maximum atomic E-state index is 12.5. The lowest BCUT2D eigenvalue weighted by atomic mass is 9.90. The second kappa shape index (κ2) is 7.04. The molecule has 10 nitrogen and oxygen atoms in total. The number of urea groups is 1. The van der Waals surface area contributed by atoms with Crippen LogP contribution in [0.4, 0.5) is 10.5 Å². The highest BCUT2D eigenvalue weighted by atomic mass is 16.5. The van der Waals surface area contributed by atoms with Gasteiger partial charge in [-0.2, -0.15) is 4.98 Å². The van der Waals surface area contributed by atoms with Gasteiger partial charge in [0.15, 0.2) is 5.82 Å². The summed E-state index contributed by atoms with van der Waals surface area (Å²) >= 11 is 0. The van der Waals surface area contributed by atoms with Gasteiger partial charge in [0, 0.05) is 12.3 Å². The van der Waals surface area contributed by atoms with Crippen molar-refractivity contribution in [3.05, 3.63) is 30.1 Å². The molecule has 28 heavy (non-hydrogen) atoms. The number of piperidine rings is 1. The van der Waals surface area contributed by atoms with Crippen molar-refractivity contribution in [1.29, 1.82) is 0 Å². The number of para-hydroxylation sites is 1. The number of anilines is 1. The van der Waals surface area contributed by atoms with E-state index in [9.17, 15) is 19.5 Å². The number of amides is 4. The monoisotopic (exact) mass is 385 g/mol. The Morgan fingerprint density at radius 1 is 1.32 bits per heavy atom. The van der Waals surface area contributed by atoms with Crippen LogP contribution in [0.2, 0.25) is 0 Å². The molecule has 146 valence electrons. The van der Waals surface area contributed by atoms with E-state index in [0.29, 0.717) is 23.0 Å². The van der Waals surface area contributed by atoms with Gasteiger partial charge >= 0.3 is 6.03 Å². The Hall–Kier alpha value is -3.27. The molecule has 1 atom stereocenters. The van der Waals surface area contributed by atoms with E-state index in [-0.39, 0.29) is 18.7 Å². The number of carbonyl (C=O) groups is 3. The summed E-state index contributed by atoms with van der Waals surface area (Å²) in [6.07, 6.45) is 2.11. The lowest BCUT2D eigenvalue weighted by Gasteiger charge is -2.34. The Bertz CT molecular complexity index is 938. The van der Waals surface area contributed by atoms with Gasteiger partial charge in [0.1, 0.15) is 5.54 Å². The molecule has 4 rings (SSSR count). The Kier molecular flexibility index (Phi) is 4.55. The number of imide groups is 1. The predicted molar refractivity (Wildman–Crippen MR) is 96.1 cm³/mol. The zero-order chi connectivity index (χ0) is 19.7. The molecule has 0 radical (unpaired) electrons. The number of nitrogens with one attached hydrogen (secondary N) is 3. The summed E-state index contributed by atoms with van der Waals surface area (Å²) in [5.41, 5.74) is -0.610. The molecule has 0 bridgehead atoms. The number of benzene rings is 1.